The molecule has 2 aromatic rings. The molecule has 1 aliphatic heterocycles. The van der Waals surface area contributed by atoms with Crippen molar-refractivity contribution in [1.82, 2.24) is 10.2 Å². The molecule has 2 aromatic carbocycles. The summed E-state index contributed by atoms with van der Waals surface area (Å²) in [5, 5.41) is 2.88. The Hall–Kier alpha value is -3.39. The van der Waals surface area contributed by atoms with E-state index in [9.17, 15) is 14.4 Å². The molecule has 1 N–H and O–H groups in total. The molecule has 0 aliphatic carbocycles. The number of hydrogen-bond donors (Lipinski definition) is 1. The van der Waals surface area contributed by atoms with Crippen molar-refractivity contribution in [2.75, 3.05) is 51.8 Å². The summed E-state index contributed by atoms with van der Waals surface area (Å²) >= 11 is 0. The first-order valence-electron chi connectivity index (χ1n) is 12.0. The Morgan fingerprint density at radius 3 is 2.71 bits per heavy atom. The summed E-state index contributed by atoms with van der Waals surface area (Å²) in [4.78, 5) is 41.0. The maximum atomic E-state index is 12.8. The van der Waals surface area contributed by atoms with Gasteiger partial charge in [0.2, 0.25) is 5.91 Å². The fraction of sp³-hybridized carbons (Fsp3) is 0.444. The SMILES string of the molecule is CC(C)c1cccc(OCC(=O)c2ccc3c(c2)N(CCCC(=O)NCCN(C)C)C(=O)CO3)c1. The molecular weight excluding hydrogens is 446 g/mol. The molecule has 0 saturated carbocycles. The van der Waals surface area contributed by atoms with Crippen LogP contribution in [0.25, 0.3) is 0 Å². The van der Waals surface area contributed by atoms with Crippen LogP contribution in [0.15, 0.2) is 42.5 Å². The van der Waals surface area contributed by atoms with E-state index in [0.29, 0.717) is 54.6 Å². The fourth-order valence-corrected chi connectivity index (χ4v) is 3.72. The van der Waals surface area contributed by atoms with Crippen molar-refractivity contribution < 1.29 is 23.9 Å². The van der Waals surface area contributed by atoms with Crippen LogP contribution in [0.1, 0.15) is 48.5 Å². The van der Waals surface area contributed by atoms with Gasteiger partial charge in [0.1, 0.15) is 11.5 Å². The van der Waals surface area contributed by atoms with Crippen molar-refractivity contribution in [1.29, 1.82) is 0 Å². The Morgan fingerprint density at radius 1 is 1.17 bits per heavy atom. The predicted molar refractivity (Wildman–Crippen MR) is 135 cm³/mol. The van der Waals surface area contributed by atoms with Crippen LogP contribution in [-0.4, -0.2) is 69.4 Å². The Kier molecular flexibility index (Phi) is 9.25. The van der Waals surface area contributed by atoms with E-state index < -0.39 is 0 Å². The second kappa shape index (κ2) is 12.4. The van der Waals surface area contributed by atoms with Crippen LogP contribution >= 0.6 is 0 Å². The van der Waals surface area contributed by atoms with E-state index in [0.717, 1.165) is 12.1 Å². The average molecular weight is 482 g/mol. The highest BCUT2D eigenvalue weighted by molar-refractivity contribution is 6.02. The lowest BCUT2D eigenvalue weighted by molar-refractivity contribution is -0.122. The number of nitrogens with one attached hydrogen (secondary N) is 1. The molecule has 1 heterocycles. The summed E-state index contributed by atoms with van der Waals surface area (Å²) in [5.74, 6) is 1.12. The van der Waals surface area contributed by atoms with Gasteiger partial charge in [-0.05, 0) is 62.3 Å². The number of ether oxygens (including phenoxy) is 2. The van der Waals surface area contributed by atoms with Crippen LogP contribution in [0.3, 0.4) is 0 Å². The summed E-state index contributed by atoms with van der Waals surface area (Å²) in [5.41, 5.74) is 2.12. The van der Waals surface area contributed by atoms with Crippen molar-refractivity contribution in [3.63, 3.8) is 0 Å². The highest BCUT2D eigenvalue weighted by atomic mass is 16.5. The summed E-state index contributed by atoms with van der Waals surface area (Å²) < 4.78 is 11.3. The zero-order chi connectivity index (χ0) is 25.4. The number of ketones is 1. The zero-order valence-electron chi connectivity index (χ0n) is 21.0. The molecule has 2 amide bonds. The van der Waals surface area contributed by atoms with Crippen LogP contribution in [0, 0.1) is 0 Å². The van der Waals surface area contributed by atoms with Gasteiger partial charge in [-0.25, -0.2) is 0 Å². The van der Waals surface area contributed by atoms with E-state index in [1.54, 1.807) is 23.1 Å². The Labute approximate surface area is 207 Å². The van der Waals surface area contributed by atoms with Gasteiger partial charge in [0, 0.05) is 31.6 Å². The highest BCUT2D eigenvalue weighted by Gasteiger charge is 2.26. The second-order valence-electron chi connectivity index (χ2n) is 9.21. The lowest BCUT2D eigenvalue weighted by Gasteiger charge is -2.29. The number of amides is 2. The van der Waals surface area contributed by atoms with Gasteiger partial charge in [-0.15, -0.1) is 0 Å². The molecule has 188 valence electrons. The zero-order valence-corrected chi connectivity index (χ0v) is 21.0. The predicted octanol–water partition coefficient (Wildman–Crippen LogP) is 3.26. The molecule has 35 heavy (non-hydrogen) atoms. The summed E-state index contributed by atoms with van der Waals surface area (Å²) in [6, 6.07) is 12.8. The molecule has 0 bridgehead atoms. The van der Waals surface area contributed by atoms with Crippen LogP contribution in [0.5, 0.6) is 11.5 Å². The number of carbonyl (C=O) groups is 3. The number of hydrogen-bond acceptors (Lipinski definition) is 6. The van der Waals surface area contributed by atoms with Gasteiger partial charge < -0.3 is 24.6 Å². The van der Waals surface area contributed by atoms with E-state index in [-0.39, 0.29) is 30.8 Å². The van der Waals surface area contributed by atoms with Crippen LogP contribution in [0.4, 0.5) is 5.69 Å². The Morgan fingerprint density at radius 2 is 1.97 bits per heavy atom. The monoisotopic (exact) mass is 481 g/mol. The van der Waals surface area contributed by atoms with Crippen molar-refractivity contribution in [3.05, 3.63) is 53.6 Å². The number of anilines is 1. The molecule has 8 heteroatoms. The fourth-order valence-electron chi connectivity index (χ4n) is 3.72. The van der Waals surface area contributed by atoms with Gasteiger partial charge in [-0.2, -0.15) is 0 Å². The molecule has 0 unspecified atom stereocenters. The number of likely N-dealkylation sites (N-methyl/N-ethyl adjacent to an activating group) is 1. The first-order valence-corrected chi connectivity index (χ1v) is 12.0. The minimum Gasteiger partial charge on any atom is -0.485 e. The number of benzene rings is 2. The maximum absolute atomic E-state index is 12.8. The minimum absolute atomic E-state index is 0.0459. The largest absolute Gasteiger partial charge is 0.485 e. The summed E-state index contributed by atoms with van der Waals surface area (Å²) in [6.07, 6.45) is 0.821. The van der Waals surface area contributed by atoms with Crippen molar-refractivity contribution >= 4 is 23.3 Å². The number of carbonyl (C=O) groups excluding carboxylic acids is 3. The second-order valence-corrected chi connectivity index (χ2v) is 9.21. The van der Waals surface area contributed by atoms with Gasteiger partial charge in [0.15, 0.2) is 19.0 Å². The number of nitrogens with zero attached hydrogens (tertiary/aromatic N) is 2. The van der Waals surface area contributed by atoms with Crippen molar-refractivity contribution in [2.24, 2.45) is 0 Å². The van der Waals surface area contributed by atoms with E-state index in [4.69, 9.17) is 9.47 Å². The summed E-state index contributed by atoms with van der Waals surface area (Å²) in [7, 11) is 3.89. The first kappa shape index (κ1) is 26.2. The van der Waals surface area contributed by atoms with E-state index >= 15 is 0 Å². The quantitative estimate of drug-likeness (QED) is 0.468. The first-order chi connectivity index (χ1) is 16.7. The van der Waals surface area contributed by atoms with Gasteiger partial charge in [-0.1, -0.05) is 26.0 Å². The molecule has 0 atom stereocenters. The number of rotatable bonds is 12. The third kappa shape index (κ3) is 7.55. The average Bonchev–Trinajstić information content (AvgIpc) is 2.83. The van der Waals surface area contributed by atoms with Gasteiger partial charge >= 0.3 is 0 Å². The van der Waals surface area contributed by atoms with E-state index in [1.807, 2.05) is 43.3 Å². The molecule has 0 fully saturated rings. The molecule has 0 radical (unpaired) electrons. The molecule has 8 nitrogen and oxygen atoms in total. The van der Waals surface area contributed by atoms with Crippen LogP contribution in [-0.2, 0) is 9.59 Å². The highest BCUT2D eigenvalue weighted by Crippen LogP contribution is 2.33. The topological polar surface area (TPSA) is 88.2 Å². The van der Waals surface area contributed by atoms with Gasteiger partial charge in [0.25, 0.3) is 5.91 Å². The molecule has 0 saturated heterocycles. The maximum Gasteiger partial charge on any atom is 0.265 e. The van der Waals surface area contributed by atoms with Crippen LogP contribution < -0.4 is 19.7 Å². The number of fused-ring (bicyclic) bond motifs is 1. The molecule has 3 rings (SSSR count). The lowest BCUT2D eigenvalue weighted by Crippen LogP contribution is -2.40. The molecule has 1 aliphatic rings. The number of Topliss-reactive ketones (excluding diaryl/α,β-unsaturated/α-hetero) is 1. The Bertz CT molecular complexity index is 1050. The van der Waals surface area contributed by atoms with Gasteiger partial charge in [-0.3, -0.25) is 14.4 Å². The molecule has 0 aromatic heterocycles. The van der Waals surface area contributed by atoms with Crippen molar-refractivity contribution in [2.45, 2.75) is 32.6 Å². The standard InChI is InChI=1S/C27H35N3O5/c1-19(2)20-7-5-8-22(15-20)34-17-24(31)21-10-11-25-23(16-21)30(27(33)18-35-25)13-6-9-26(32)28-12-14-29(3)4/h5,7-8,10-11,15-16,19H,6,9,12-14,17-18H2,1-4H3,(H,28,32). The smallest absolute Gasteiger partial charge is 0.265 e. The third-order valence-electron chi connectivity index (χ3n) is 5.79. The Balaban J connectivity index is 1.61. The normalized spacial score (nSPS) is 13.0. The van der Waals surface area contributed by atoms with Crippen molar-refractivity contribution in [3.8, 4) is 11.5 Å². The summed E-state index contributed by atoms with van der Waals surface area (Å²) in [6.45, 7) is 5.75. The van der Waals surface area contributed by atoms with Crippen LogP contribution in [0.2, 0.25) is 0 Å². The van der Waals surface area contributed by atoms with E-state index in [2.05, 4.69) is 19.2 Å². The lowest BCUT2D eigenvalue weighted by atomic mass is 10.0. The minimum atomic E-state index is -0.197. The van der Waals surface area contributed by atoms with Gasteiger partial charge in [0.05, 0.1) is 5.69 Å². The molecular formula is C27H35N3O5. The third-order valence-corrected chi connectivity index (χ3v) is 5.79. The molecule has 0 spiro atoms. The van der Waals surface area contributed by atoms with E-state index in [1.165, 1.54) is 0 Å².